The van der Waals surface area contributed by atoms with Crippen LogP contribution >= 0.6 is 0 Å². The first-order valence-electron chi connectivity index (χ1n) is 6.22. The monoisotopic (exact) mass is 233 g/mol. The lowest BCUT2D eigenvalue weighted by Crippen LogP contribution is -2.53. The van der Waals surface area contributed by atoms with Gasteiger partial charge in [-0.05, 0) is 59.3 Å². The average Bonchev–Trinajstić information content (AvgIpc) is 2.37. The fraction of sp³-hybridized carbons (Fsp3) is 0.643. The Morgan fingerprint density at radius 3 is 2.53 bits per heavy atom. The van der Waals surface area contributed by atoms with Gasteiger partial charge < -0.3 is 4.90 Å². The molecule has 0 aromatic rings. The molecule has 2 aliphatic heterocycles. The van der Waals surface area contributed by atoms with E-state index in [1.54, 1.807) is 0 Å². The molecule has 0 bridgehead atoms. The molecule has 0 aromatic carbocycles. The van der Waals surface area contributed by atoms with Gasteiger partial charge in [0.05, 0.1) is 6.54 Å². The van der Waals surface area contributed by atoms with E-state index in [4.69, 9.17) is 4.99 Å². The van der Waals surface area contributed by atoms with Gasteiger partial charge >= 0.3 is 0 Å². The van der Waals surface area contributed by atoms with Crippen LogP contribution in [0, 0.1) is 0 Å². The van der Waals surface area contributed by atoms with Crippen LogP contribution in [0.2, 0.25) is 0 Å². The second-order valence-corrected chi connectivity index (χ2v) is 6.38. The molecule has 0 aromatic heterocycles. The van der Waals surface area contributed by atoms with Crippen LogP contribution in [0.15, 0.2) is 28.4 Å². The molecule has 1 unspecified atom stereocenters. The van der Waals surface area contributed by atoms with E-state index in [1.165, 1.54) is 11.3 Å². The van der Waals surface area contributed by atoms with E-state index in [0.29, 0.717) is 0 Å². The van der Waals surface area contributed by atoms with Crippen LogP contribution in [-0.4, -0.2) is 28.5 Å². The minimum Gasteiger partial charge on any atom is -0.327 e. The van der Waals surface area contributed by atoms with Crippen molar-refractivity contribution in [3.8, 4) is 0 Å². The summed E-state index contributed by atoms with van der Waals surface area (Å²) in [5, 5.41) is 3.60. The Labute approximate surface area is 104 Å². The summed E-state index contributed by atoms with van der Waals surface area (Å²) in [6, 6.07) is 0. The standard InChI is InChI=1S/C14H23N3/c1-10-7-11(2)17-9-14(6,15-12(17)8-10)16-13(3,4)5/h7-8,16H,9H2,1-6H3. The van der Waals surface area contributed by atoms with Gasteiger partial charge in [-0.1, -0.05) is 0 Å². The molecular weight excluding hydrogens is 210 g/mol. The second kappa shape index (κ2) is 3.70. The number of allylic oxidation sites excluding steroid dienone is 3. The van der Waals surface area contributed by atoms with Crippen molar-refractivity contribution in [3.05, 3.63) is 23.4 Å². The first-order valence-corrected chi connectivity index (χ1v) is 6.22. The summed E-state index contributed by atoms with van der Waals surface area (Å²) in [6.45, 7) is 13.9. The summed E-state index contributed by atoms with van der Waals surface area (Å²) >= 11 is 0. The Bertz CT molecular complexity index is 423. The van der Waals surface area contributed by atoms with Crippen LogP contribution in [-0.2, 0) is 0 Å². The lowest BCUT2D eigenvalue weighted by molar-refractivity contribution is 0.257. The molecule has 0 spiro atoms. The van der Waals surface area contributed by atoms with Crippen LogP contribution in [0.25, 0.3) is 0 Å². The summed E-state index contributed by atoms with van der Waals surface area (Å²) in [5.74, 6) is 1.08. The van der Waals surface area contributed by atoms with Gasteiger partial charge in [-0.2, -0.15) is 0 Å². The van der Waals surface area contributed by atoms with Crippen molar-refractivity contribution in [2.75, 3.05) is 6.54 Å². The number of rotatable bonds is 1. The fourth-order valence-corrected chi connectivity index (χ4v) is 2.68. The molecule has 0 radical (unpaired) electrons. The van der Waals surface area contributed by atoms with Gasteiger partial charge in [0.2, 0.25) is 0 Å². The third-order valence-electron chi connectivity index (χ3n) is 2.97. The quantitative estimate of drug-likeness (QED) is 0.754. The van der Waals surface area contributed by atoms with Crippen molar-refractivity contribution in [1.29, 1.82) is 0 Å². The topological polar surface area (TPSA) is 27.6 Å². The molecule has 3 nitrogen and oxygen atoms in total. The van der Waals surface area contributed by atoms with E-state index >= 15 is 0 Å². The maximum atomic E-state index is 4.84. The summed E-state index contributed by atoms with van der Waals surface area (Å²) in [7, 11) is 0. The van der Waals surface area contributed by atoms with Crippen molar-refractivity contribution >= 4 is 5.84 Å². The number of nitrogens with zero attached hydrogens (tertiary/aromatic N) is 2. The summed E-state index contributed by atoms with van der Waals surface area (Å²) < 4.78 is 0. The third-order valence-corrected chi connectivity index (χ3v) is 2.97. The highest BCUT2D eigenvalue weighted by atomic mass is 15.4. The third kappa shape index (κ3) is 2.60. The molecule has 3 heteroatoms. The van der Waals surface area contributed by atoms with Gasteiger partial charge in [-0.3, -0.25) is 5.32 Å². The first-order chi connectivity index (χ1) is 7.69. The molecule has 2 heterocycles. The number of hydrogen-bond acceptors (Lipinski definition) is 3. The highest BCUT2D eigenvalue weighted by molar-refractivity contribution is 5.98. The lowest BCUT2D eigenvalue weighted by Gasteiger charge is -2.33. The normalized spacial score (nSPS) is 28.6. The van der Waals surface area contributed by atoms with Gasteiger partial charge in [0.25, 0.3) is 0 Å². The van der Waals surface area contributed by atoms with Crippen molar-refractivity contribution < 1.29 is 0 Å². The minimum atomic E-state index is -0.191. The summed E-state index contributed by atoms with van der Waals surface area (Å²) in [5.41, 5.74) is 2.44. The number of nitrogens with one attached hydrogen (secondary N) is 1. The van der Waals surface area contributed by atoms with Gasteiger partial charge in [-0.25, -0.2) is 4.99 Å². The van der Waals surface area contributed by atoms with Crippen LogP contribution in [0.5, 0.6) is 0 Å². The number of fused-ring (bicyclic) bond motifs is 1. The molecule has 0 aliphatic carbocycles. The average molecular weight is 233 g/mol. The summed E-state index contributed by atoms with van der Waals surface area (Å²) in [4.78, 5) is 7.13. The minimum absolute atomic E-state index is 0.0732. The highest BCUT2D eigenvalue weighted by Gasteiger charge is 2.38. The van der Waals surface area contributed by atoms with Gasteiger partial charge in [0.1, 0.15) is 11.5 Å². The van der Waals surface area contributed by atoms with E-state index in [-0.39, 0.29) is 11.2 Å². The number of hydrogen-bond donors (Lipinski definition) is 1. The number of amidine groups is 1. The smallest absolute Gasteiger partial charge is 0.130 e. The maximum absolute atomic E-state index is 4.84. The fourth-order valence-electron chi connectivity index (χ4n) is 2.68. The molecule has 1 N–H and O–H groups in total. The predicted molar refractivity (Wildman–Crippen MR) is 72.9 cm³/mol. The Balaban J connectivity index is 2.27. The molecule has 0 saturated carbocycles. The zero-order chi connectivity index (χ0) is 12.8. The molecule has 0 amide bonds. The molecule has 0 fully saturated rings. The van der Waals surface area contributed by atoms with Gasteiger partial charge in [0, 0.05) is 11.2 Å². The van der Waals surface area contributed by atoms with E-state index in [0.717, 1.165) is 12.4 Å². The molecule has 94 valence electrons. The van der Waals surface area contributed by atoms with Crippen LogP contribution in [0.1, 0.15) is 41.5 Å². The molecular formula is C14H23N3. The predicted octanol–water partition coefficient (Wildman–Crippen LogP) is 2.67. The molecule has 1 atom stereocenters. The Kier molecular flexibility index (Phi) is 2.69. The highest BCUT2D eigenvalue weighted by Crippen LogP contribution is 2.28. The van der Waals surface area contributed by atoms with Crippen LogP contribution < -0.4 is 5.32 Å². The van der Waals surface area contributed by atoms with Crippen molar-refractivity contribution in [2.24, 2.45) is 4.99 Å². The van der Waals surface area contributed by atoms with Gasteiger partial charge in [0.15, 0.2) is 0 Å². The van der Waals surface area contributed by atoms with Crippen molar-refractivity contribution in [2.45, 2.75) is 52.7 Å². The van der Waals surface area contributed by atoms with Crippen LogP contribution in [0.3, 0.4) is 0 Å². The Morgan fingerprint density at radius 1 is 1.29 bits per heavy atom. The second-order valence-electron chi connectivity index (χ2n) is 6.38. The number of aliphatic imine (C=N–C) groups is 1. The molecule has 2 aliphatic rings. The summed E-state index contributed by atoms with van der Waals surface area (Å²) in [6.07, 6.45) is 4.37. The van der Waals surface area contributed by atoms with Crippen molar-refractivity contribution in [3.63, 3.8) is 0 Å². The van der Waals surface area contributed by atoms with E-state index in [1.807, 2.05) is 0 Å². The van der Waals surface area contributed by atoms with E-state index < -0.39 is 0 Å². The van der Waals surface area contributed by atoms with Crippen molar-refractivity contribution in [1.82, 2.24) is 10.2 Å². The maximum Gasteiger partial charge on any atom is 0.130 e. The van der Waals surface area contributed by atoms with Gasteiger partial charge in [-0.15, -0.1) is 0 Å². The molecule has 2 rings (SSSR count). The largest absolute Gasteiger partial charge is 0.327 e. The lowest BCUT2D eigenvalue weighted by atomic mass is 10.0. The van der Waals surface area contributed by atoms with E-state index in [2.05, 4.69) is 63.9 Å². The Morgan fingerprint density at radius 2 is 1.94 bits per heavy atom. The van der Waals surface area contributed by atoms with Crippen LogP contribution in [0.4, 0.5) is 0 Å². The SMILES string of the molecule is CC1=CC2=NC(C)(NC(C)(C)C)CN2C(C)=C1. The first kappa shape index (κ1) is 12.4. The van der Waals surface area contributed by atoms with E-state index in [9.17, 15) is 0 Å². The molecule has 0 saturated heterocycles. The zero-order valence-corrected chi connectivity index (χ0v) is 11.8. The molecule has 17 heavy (non-hydrogen) atoms. The zero-order valence-electron chi connectivity index (χ0n) is 11.8. The Hall–Kier alpha value is -1.09.